The third-order valence-corrected chi connectivity index (χ3v) is 5.03. The minimum absolute atomic E-state index is 0.190. The van der Waals surface area contributed by atoms with Gasteiger partial charge >= 0.3 is 5.97 Å². The molecular formula is C18H21N5O2. The van der Waals surface area contributed by atoms with Gasteiger partial charge in [0.1, 0.15) is 11.5 Å². The molecule has 0 aliphatic carbocycles. The highest BCUT2D eigenvalue weighted by Gasteiger charge is 2.24. The summed E-state index contributed by atoms with van der Waals surface area (Å²) in [5.74, 6) is 0.532. The van der Waals surface area contributed by atoms with E-state index in [1.807, 2.05) is 6.07 Å². The first-order valence-electron chi connectivity index (χ1n) is 8.55. The van der Waals surface area contributed by atoms with Gasteiger partial charge in [0.2, 0.25) is 0 Å². The second-order valence-electron chi connectivity index (χ2n) is 6.72. The van der Waals surface area contributed by atoms with Crippen molar-refractivity contribution in [3.05, 3.63) is 47.0 Å². The lowest BCUT2D eigenvalue weighted by atomic mass is 9.96. The molecule has 3 heterocycles. The Bertz CT molecular complexity index is 905. The van der Waals surface area contributed by atoms with Crippen LogP contribution in [-0.2, 0) is 6.54 Å². The summed E-state index contributed by atoms with van der Waals surface area (Å²) in [6.07, 6.45) is 3.63. The van der Waals surface area contributed by atoms with E-state index >= 15 is 0 Å². The molecule has 0 radical (unpaired) electrons. The minimum atomic E-state index is -0.958. The van der Waals surface area contributed by atoms with Crippen LogP contribution in [0.3, 0.4) is 0 Å². The molecule has 7 nitrogen and oxygen atoms in total. The molecule has 0 saturated carbocycles. The number of carboxylic acid groups (broad SMARTS) is 1. The minimum Gasteiger partial charge on any atom is -0.477 e. The Labute approximate surface area is 145 Å². The first-order chi connectivity index (χ1) is 12.1. The standard InChI is InChI=1S/C18H21N5O2/c1-11-3-2-4-14-15(11)21-17(20-14)12-5-7-23(8-6-12)10-13-9-19-22-16(13)18(24)25/h2-4,9,12H,5-8,10H2,1H3,(H,19,22)(H,20,21)(H,24,25). The second-order valence-corrected chi connectivity index (χ2v) is 6.72. The number of hydrogen-bond acceptors (Lipinski definition) is 4. The molecule has 7 heteroatoms. The number of piperidine rings is 1. The number of rotatable bonds is 4. The predicted octanol–water partition coefficient (Wildman–Crippen LogP) is 2.67. The molecule has 1 aliphatic heterocycles. The van der Waals surface area contributed by atoms with Crippen LogP contribution in [0.2, 0.25) is 0 Å². The number of imidazole rings is 1. The number of aromatic nitrogens is 4. The van der Waals surface area contributed by atoms with Crippen molar-refractivity contribution >= 4 is 17.0 Å². The highest BCUT2D eigenvalue weighted by atomic mass is 16.4. The fourth-order valence-electron chi connectivity index (χ4n) is 3.61. The number of carbonyl (C=O) groups is 1. The number of hydrogen-bond donors (Lipinski definition) is 3. The first kappa shape index (κ1) is 15.8. The van der Waals surface area contributed by atoms with Crippen LogP contribution in [0.1, 0.15) is 46.2 Å². The number of nitrogens with one attached hydrogen (secondary N) is 2. The van der Waals surface area contributed by atoms with Crippen LogP contribution in [0.5, 0.6) is 0 Å². The predicted molar refractivity (Wildman–Crippen MR) is 93.6 cm³/mol. The summed E-state index contributed by atoms with van der Waals surface area (Å²) in [5, 5.41) is 15.6. The molecule has 0 amide bonds. The quantitative estimate of drug-likeness (QED) is 0.679. The van der Waals surface area contributed by atoms with Crippen molar-refractivity contribution in [2.75, 3.05) is 13.1 Å². The molecule has 25 heavy (non-hydrogen) atoms. The Morgan fingerprint density at radius 3 is 2.88 bits per heavy atom. The van der Waals surface area contributed by atoms with E-state index in [0.29, 0.717) is 12.5 Å². The largest absolute Gasteiger partial charge is 0.477 e. The van der Waals surface area contributed by atoms with Gasteiger partial charge in [-0.2, -0.15) is 5.10 Å². The summed E-state index contributed by atoms with van der Waals surface area (Å²) in [6, 6.07) is 6.20. The maximum Gasteiger partial charge on any atom is 0.354 e. The Morgan fingerprint density at radius 2 is 2.16 bits per heavy atom. The van der Waals surface area contributed by atoms with Gasteiger partial charge in [-0.15, -0.1) is 0 Å². The number of benzene rings is 1. The average molecular weight is 339 g/mol. The third-order valence-electron chi connectivity index (χ3n) is 5.03. The van der Waals surface area contributed by atoms with Gasteiger partial charge in [0.05, 0.1) is 17.2 Å². The van der Waals surface area contributed by atoms with E-state index in [9.17, 15) is 4.79 Å². The molecule has 3 aromatic rings. The fraction of sp³-hybridized carbons (Fsp3) is 0.389. The SMILES string of the molecule is Cc1cccc2[nH]c(C3CCN(Cc4cn[nH]c4C(=O)O)CC3)nc12. The molecule has 2 aromatic heterocycles. The van der Waals surface area contributed by atoms with E-state index in [1.165, 1.54) is 5.56 Å². The smallest absolute Gasteiger partial charge is 0.354 e. The maximum atomic E-state index is 11.2. The van der Waals surface area contributed by atoms with E-state index in [0.717, 1.165) is 48.4 Å². The summed E-state index contributed by atoms with van der Waals surface area (Å²) in [5.41, 5.74) is 4.28. The first-order valence-corrected chi connectivity index (χ1v) is 8.55. The Balaban J connectivity index is 1.43. The van der Waals surface area contributed by atoms with Crippen molar-refractivity contribution in [3.8, 4) is 0 Å². The van der Waals surface area contributed by atoms with Crippen LogP contribution >= 0.6 is 0 Å². The van der Waals surface area contributed by atoms with Gasteiger partial charge in [-0.25, -0.2) is 9.78 Å². The average Bonchev–Trinajstić information content (AvgIpc) is 3.23. The van der Waals surface area contributed by atoms with Gasteiger partial charge in [-0.3, -0.25) is 10.00 Å². The Hall–Kier alpha value is -2.67. The third kappa shape index (κ3) is 3.02. The zero-order valence-corrected chi connectivity index (χ0v) is 14.1. The maximum absolute atomic E-state index is 11.2. The number of H-pyrrole nitrogens is 2. The number of likely N-dealkylation sites (tertiary alicyclic amines) is 1. The van der Waals surface area contributed by atoms with Gasteiger partial charge in [-0.1, -0.05) is 12.1 Å². The molecule has 4 rings (SSSR count). The molecule has 0 spiro atoms. The normalized spacial score (nSPS) is 16.5. The molecule has 1 aliphatic rings. The molecule has 0 unspecified atom stereocenters. The van der Waals surface area contributed by atoms with E-state index in [-0.39, 0.29) is 5.69 Å². The summed E-state index contributed by atoms with van der Waals surface area (Å²) < 4.78 is 0. The van der Waals surface area contributed by atoms with Crippen LogP contribution in [0.15, 0.2) is 24.4 Å². The van der Waals surface area contributed by atoms with Gasteiger partial charge < -0.3 is 10.1 Å². The van der Waals surface area contributed by atoms with Gasteiger partial charge in [-0.05, 0) is 44.5 Å². The summed E-state index contributed by atoms with van der Waals surface area (Å²) in [4.78, 5) is 21.7. The van der Waals surface area contributed by atoms with E-state index in [1.54, 1.807) is 6.20 Å². The molecule has 1 fully saturated rings. The zero-order chi connectivity index (χ0) is 17.4. The molecule has 0 bridgehead atoms. The fourth-order valence-corrected chi connectivity index (χ4v) is 3.61. The highest BCUT2D eigenvalue weighted by Crippen LogP contribution is 2.29. The monoisotopic (exact) mass is 339 g/mol. The van der Waals surface area contributed by atoms with E-state index in [2.05, 4.69) is 39.1 Å². The van der Waals surface area contributed by atoms with Crippen LogP contribution < -0.4 is 0 Å². The van der Waals surface area contributed by atoms with E-state index < -0.39 is 5.97 Å². The van der Waals surface area contributed by atoms with Crippen LogP contribution in [-0.4, -0.2) is 49.2 Å². The Kier molecular flexibility index (Phi) is 4.01. The van der Waals surface area contributed by atoms with Gasteiger partial charge in [0.25, 0.3) is 0 Å². The van der Waals surface area contributed by atoms with Crippen molar-refractivity contribution in [1.29, 1.82) is 0 Å². The molecule has 130 valence electrons. The number of para-hydroxylation sites is 1. The number of aromatic carboxylic acids is 1. The highest BCUT2D eigenvalue weighted by molar-refractivity contribution is 5.86. The lowest BCUT2D eigenvalue weighted by Crippen LogP contribution is -2.33. The number of nitrogens with zero attached hydrogens (tertiary/aromatic N) is 3. The molecular weight excluding hydrogens is 318 g/mol. The molecule has 1 aromatic carbocycles. The zero-order valence-electron chi connectivity index (χ0n) is 14.1. The second kappa shape index (κ2) is 6.33. The summed E-state index contributed by atoms with van der Waals surface area (Å²) >= 11 is 0. The summed E-state index contributed by atoms with van der Waals surface area (Å²) in [7, 11) is 0. The van der Waals surface area contributed by atoms with Crippen molar-refractivity contribution < 1.29 is 9.90 Å². The number of aromatic amines is 2. The van der Waals surface area contributed by atoms with Gasteiger partial charge in [0.15, 0.2) is 0 Å². The van der Waals surface area contributed by atoms with Crippen LogP contribution in [0.4, 0.5) is 0 Å². The van der Waals surface area contributed by atoms with Crippen molar-refractivity contribution in [3.63, 3.8) is 0 Å². The molecule has 3 N–H and O–H groups in total. The van der Waals surface area contributed by atoms with Crippen molar-refractivity contribution in [1.82, 2.24) is 25.1 Å². The molecule has 0 atom stereocenters. The van der Waals surface area contributed by atoms with Crippen LogP contribution in [0.25, 0.3) is 11.0 Å². The number of aryl methyl sites for hydroxylation is 1. The number of fused-ring (bicyclic) bond motifs is 1. The van der Waals surface area contributed by atoms with Crippen molar-refractivity contribution in [2.45, 2.75) is 32.2 Å². The van der Waals surface area contributed by atoms with Crippen LogP contribution in [0, 0.1) is 6.92 Å². The number of carboxylic acids is 1. The lowest BCUT2D eigenvalue weighted by Gasteiger charge is -2.30. The van der Waals surface area contributed by atoms with E-state index in [4.69, 9.17) is 10.1 Å². The molecule has 1 saturated heterocycles. The Morgan fingerprint density at radius 1 is 1.36 bits per heavy atom. The van der Waals surface area contributed by atoms with Crippen molar-refractivity contribution in [2.24, 2.45) is 0 Å². The topological polar surface area (TPSA) is 97.9 Å². The van der Waals surface area contributed by atoms with Gasteiger partial charge in [0, 0.05) is 18.0 Å². The lowest BCUT2D eigenvalue weighted by molar-refractivity contribution is 0.0687. The summed E-state index contributed by atoms with van der Waals surface area (Å²) in [6.45, 7) is 4.54.